The highest BCUT2D eigenvalue weighted by Gasteiger charge is 2.31. The minimum absolute atomic E-state index is 0.124. The third-order valence-corrected chi connectivity index (χ3v) is 6.86. The predicted molar refractivity (Wildman–Crippen MR) is 93.8 cm³/mol. The summed E-state index contributed by atoms with van der Waals surface area (Å²) in [4.78, 5) is 25.2. The van der Waals surface area contributed by atoms with Gasteiger partial charge in [0, 0.05) is 32.1 Å². The molecular formula is C17H22FN3O5S. The fourth-order valence-corrected chi connectivity index (χ4v) is 4.74. The molecule has 148 valence electrons. The fourth-order valence-electron chi connectivity index (χ4n) is 3.30. The summed E-state index contributed by atoms with van der Waals surface area (Å²) in [5, 5.41) is 0. The lowest BCUT2D eigenvalue weighted by Crippen LogP contribution is -2.42. The topological polar surface area (TPSA) is 110 Å². The maximum atomic E-state index is 14.3. The van der Waals surface area contributed by atoms with E-state index in [1.807, 2.05) is 0 Å². The molecule has 1 aromatic carbocycles. The molecule has 8 nitrogen and oxygen atoms in total. The summed E-state index contributed by atoms with van der Waals surface area (Å²) in [7, 11) is -3.83. The van der Waals surface area contributed by atoms with E-state index in [2.05, 4.69) is 0 Å². The SMILES string of the molecule is NC(=O)C1CCN(C(=O)c2cc(S(=O)(=O)N3CCOCC3)ccc2F)CC1. The van der Waals surface area contributed by atoms with Gasteiger partial charge in [0.1, 0.15) is 5.82 Å². The second kappa shape index (κ2) is 7.91. The summed E-state index contributed by atoms with van der Waals surface area (Å²) >= 11 is 0. The predicted octanol–water partition coefficient (Wildman–Crippen LogP) is 0.184. The lowest BCUT2D eigenvalue weighted by Gasteiger charge is -2.31. The van der Waals surface area contributed by atoms with E-state index in [4.69, 9.17) is 10.5 Å². The van der Waals surface area contributed by atoms with Gasteiger partial charge in [-0.3, -0.25) is 9.59 Å². The molecule has 2 saturated heterocycles. The zero-order chi connectivity index (χ0) is 19.6. The molecule has 0 atom stereocenters. The van der Waals surface area contributed by atoms with E-state index in [0.717, 1.165) is 18.2 Å². The largest absolute Gasteiger partial charge is 0.379 e. The van der Waals surface area contributed by atoms with Crippen LogP contribution in [0.1, 0.15) is 23.2 Å². The Morgan fingerprint density at radius 3 is 2.33 bits per heavy atom. The molecule has 0 aromatic heterocycles. The average molecular weight is 399 g/mol. The molecule has 0 bridgehead atoms. The smallest absolute Gasteiger partial charge is 0.256 e. The fraction of sp³-hybridized carbons (Fsp3) is 0.529. The molecule has 10 heteroatoms. The van der Waals surface area contributed by atoms with Crippen LogP contribution in [0.4, 0.5) is 4.39 Å². The van der Waals surface area contributed by atoms with E-state index in [1.165, 1.54) is 9.21 Å². The molecule has 0 aliphatic carbocycles. The van der Waals surface area contributed by atoms with Crippen molar-refractivity contribution < 1.29 is 27.1 Å². The number of likely N-dealkylation sites (tertiary alicyclic amines) is 1. The van der Waals surface area contributed by atoms with Crippen LogP contribution in [0.2, 0.25) is 0 Å². The number of rotatable bonds is 4. The Labute approximate surface area is 157 Å². The van der Waals surface area contributed by atoms with Crippen LogP contribution in [0.5, 0.6) is 0 Å². The number of morpholine rings is 1. The molecule has 27 heavy (non-hydrogen) atoms. The van der Waals surface area contributed by atoms with Gasteiger partial charge >= 0.3 is 0 Å². The minimum Gasteiger partial charge on any atom is -0.379 e. The number of primary amides is 1. The summed E-state index contributed by atoms with van der Waals surface area (Å²) in [6, 6.07) is 3.25. The van der Waals surface area contributed by atoms with Crippen molar-refractivity contribution in [1.82, 2.24) is 9.21 Å². The van der Waals surface area contributed by atoms with Gasteiger partial charge in [-0.25, -0.2) is 12.8 Å². The van der Waals surface area contributed by atoms with Gasteiger partial charge in [0.2, 0.25) is 15.9 Å². The Balaban J connectivity index is 1.81. The third-order valence-electron chi connectivity index (χ3n) is 4.96. The van der Waals surface area contributed by atoms with Crippen molar-refractivity contribution in [3.8, 4) is 0 Å². The first-order valence-corrected chi connectivity index (χ1v) is 10.2. The first kappa shape index (κ1) is 19.7. The van der Waals surface area contributed by atoms with Crippen LogP contribution >= 0.6 is 0 Å². The van der Waals surface area contributed by atoms with Gasteiger partial charge in [-0.2, -0.15) is 4.31 Å². The molecule has 2 fully saturated rings. The van der Waals surface area contributed by atoms with Gasteiger partial charge in [0.15, 0.2) is 0 Å². The van der Waals surface area contributed by atoms with Crippen molar-refractivity contribution >= 4 is 21.8 Å². The molecule has 2 amide bonds. The number of benzene rings is 1. The van der Waals surface area contributed by atoms with Crippen molar-refractivity contribution in [3.63, 3.8) is 0 Å². The second-order valence-corrected chi connectivity index (χ2v) is 8.56. The van der Waals surface area contributed by atoms with E-state index in [9.17, 15) is 22.4 Å². The standard InChI is InChI=1S/C17H22FN3O5S/c18-15-2-1-13(27(24,25)21-7-9-26-10-8-21)11-14(15)17(23)20-5-3-12(4-6-20)16(19)22/h1-2,11-12H,3-10H2,(H2,19,22). The van der Waals surface area contributed by atoms with Crippen molar-refractivity contribution in [1.29, 1.82) is 0 Å². The highest BCUT2D eigenvalue weighted by Crippen LogP contribution is 2.23. The number of halogens is 1. The molecule has 0 saturated carbocycles. The summed E-state index contributed by atoms with van der Waals surface area (Å²) in [5.41, 5.74) is 4.99. The molecule has 0 unspecified atom stereocenters. The molecule has 0 spiro atoms. The number of hydrogen-bond donors (Lipinski definition) is 1. The molecule has 1 aromatic rings. The van der Waals surface area contributed by atoms with Gasteiger partial charge in [-0.05, 0) is 31.0 Å². The summed E-state index contributed by atoms with van der Waals surface area (Å²) in [6.07, 6.45) is 0.822. The molecule has 2 aliphatic heterocycles. The van der Waals surface area contributed by atoms with Crippen LogP contribution in [0.3, 0.4) is 0 Å². The van der Waals surface area contributed by atoms with E-state index >= 15 is 0 Å². The maximum absolute atomic E-state index is 14.3. The number of nitrogens with two attached hydrogens (primary N) is 1. The molecule has 2 aliphatic rings. The van der Waals surface area contributed by atoms with Crippen LogP contribution in [0.25, 0.3) is 0 Å². The number of carbonyl (C=O) groups excluding carboxylic acids is 2. The first-order chi connectivity index (χ1) is 12.8. The number of nitrogens with zero attached hydrogens (tertiary/aromatic N) is 2. The van der Waals surface area contributed by atoms with Gasteiger partial charge in [0.05, 0.1) is 23.7 Å². The summed E-state index contributed by atoms with van der Waals surface area (Å²) in [6.45, 7) is 1.55. The monoisotopic (exact) mass is 399 g/mol. The molecular weight excluding hydrogens is 377 g/mol. The van der Waals surface area contributed by atoms with E-state index in [-0.39, 0.29) is 42.6 Å². The van der Waals surface area contributed by atoms with Crippen LogP contribution in [0, 0.1) is 11.7 Å². The zero-order valence-corrected chi connectivity index (χ0v) is 15.6. The Morgan fingerprint density at radius 1 is 1.11 bits per heavy atom. The second-order valence-electron chi connectivity index (χ2n) is 6.63. The van der Waals surface area contributed by atoms with Crippen LogP contribution in [0.15, 0.2) is 23.1 Å². The van der Waals surface area contributed by atoms with Crippen molar-refractivity contribution in [2.24, 2.45) is 11.7 Å². The Morgan fingerprint density at radius 2 is 1.74 bits per heavy atom. The maximum Gasteiger partial charge on any atom is 0.256 e. The Bertz CT molecular complexity index is 831. The molecule has 3 rings (SSSR count). The highest BCUT2D eigenvalue weighted by molar-refractivity contribution is 7.89. The molecule has 2 N–H and O–H groups in total. The lowest BCUT2D eigenvalue weighted by atomic mass is 9.96. The van der Waals surface area contributed by atoms with E-state index in [0.29, 0.717) is 26.1 Å². The number of piperidine rings is 1. The number of ether oxygens (including phenoxy) is 1. The quantitative estimate of drug-likeness (QED) is 0.777. The molecule has 2 heterocycles. The first-order valence-electron chi connectivity index (χ1n) is 8.77. The lowest BCUT2D eigenvalue weighted by molar-refractivity contribution is -0.123. The number of sulfonamides is 1. The molecule has 0 radical (unpaired) electrons. The number of carbonyl (C=O) groups is 2. The van der Waals surface area contributed by atoms with Crippen molar-refractivity contribution in [2.45, 2.75) is 17.7 Å². The third kappa shape index (κ3) is 4.12. The minimum atomic E-state index is -3.83. The normalized spacial score (nSPS) is 19.8. The van der Waals surface area contributed by atoms with Gasteiger partial charge < -0.3 is 15.4 Å². The average Bonchev–Trinajstić information content (AvgIpc) is 2.68. The van der Waals surface area contributed by atoms with Gasteiger partial charge in [0.25, 0.3) is 5.91 Å². The zero-order valence-electron chi connectivity index (χ0n) is 14.8. The van der Waals surface area contributed by atoms with Crippen molar-refractivity contribution in [3.05, 3.63) is 29.6 Å². The number of hydrogen-bond acceptors (Lipinski definition) is 5. The van der Waals surface area contributed by atoms with Gasteiger partial charge in [-0.15, -0.1) is 0 Å². The van der Waals surface area contributed by atoms with E-state index in [1.54, 1.807) is 0 Å². The summed E-state index contributed by atoms with van der Waals surface area (Å²) < 4.78 is 46.2. The number of amides is 2. The Kier molecular flexibility index (Phi) is 5.78. The van der Waals surface area contributed by atoms with Crippen molar-refractivity contribution in [2.75, 3.05) is 39.4 Å². The Hall–Kier alpha value is -2.04. The van der Waals surface area contributed by atoms with Crippen LogP contribution < -0.4 is 5.73 Å². The van der Waals surface area contributed by atoms with Gasteiger partial charge in [-0.1, -0.05) is 0 Å². The van der Waals surface area contributed by atoms with Crippen LogP contribution in [-0.4, -0.2) is 68.8 Å². The van der Waals surface area contributed by atoms with E-state index < -0.39 is 27.7 Å². The van der Waals surface area contributed by atoms with Crippen LogP contribution in [-0.2, 0) is 19.6 Å². The summed E-state index contributed by atoms with van der Waals surface area (Å²) in [5.74, 6) is -2.08. The highest BCUT2D eigenvalue weighted by atomic mass is 32.2.